The van der Waals surface area contributed by atoms with Crippen molar-refractivity contribution in [2.24, 2.45) is 11.7 Å². The maximum Gasteiger partial charge on any atom is 0.348 e. The number of esters is 2. The number of carbonyl (C=O) groups excluding carboxylic acids is 2. The third-order valence-corrected chi connectivity index (χ3v) is 8.81. The lowest BCUT2D eigenvalue weighted by molar-refractivity contribution is -0.166. The highest BCUT2D eigenvalue weighted by atomic mass is 16.6. The normalized spacial score (nSPS) is 20.5. The van der Waals surface area contributed by atoms with E-state index in [0.717, 1.165) is 23.5 Å². The van der Waals surface area contributed by atoms with Gasteiger partial charge in [-0.15, -0.1) is 0 Å². The summed E-state index contributed by atoms with van der Waals surface area (Å²) in [7, 11) is 0. The first-order valence-electron chi connectivity index (χ1n) is 16.7. The lowest BCUT2D eigenvalue weighted by atomic mass is 9.77. The van der Waals surface area contributed by atoms with Crippen LogP contribution in [0.15, 0.2) is 73.1 Å². The van der Waals surface area contributed by atoms with Gasteiger partial charge in [0.15, 0.2) is 12.2 Å². The van der Waals surface area contributed by atoms with Crippen molar-refractivity contribution < 1.29 is 68.9 Å². The Morgan fingerprint density at radius 2 is 1.15 bits per heavy atom. The number of nitrogens with zero attached hydrogens (tertiary/aromatic N) is 2. The third kappa shape index (κ3) is 12.2. The number of rotatable bonds is 12. The summed E-state index contributed by atoms with van der Waals surface area (Å²) >= 11 is 0. The second-order valence-corrected chi connectivity index (χ2v) is 12.7. The molecule has 0 radical (unpaired) electrons. The van der Waals surface area contributed by atoms with Gasteiger partial charge in [-0.3, -0.25) is 9.88 Å². The highest BCUT2D eigenvalue weighted by molar-refractivity contribution is 5.93. The van der Waals surface area contributed by atoms with E-state index in [1.54, 1.807) is 38.1 Å². The Morgan fingerprint density at radius 1 is 0.722 bits per heavy atom. The first-order chi connectivity index (χ1) is 25.5. The Labute approximate surface area is 309 Å². The molecule has 3 aliphatic rings. The van der Waals surface area contributed by atoms with Crippen molar-refractivity contribution in [2.45, 2.75) is 69.6 Å². The molecule has 3 aliphatic heterocycles. The minimum absolute atomic E-state index is 0.0643. The van der Waals surface area contributed by atoms with E-state index in [4.69, 9.17) is 36.4 Å². The first-order valence-corrected chi connectivity index (χ1v) is 16.7. The third-order valence-electron chi connectivity index (χ3n) is 8.81. The van der Waals surface area contributed by atoms with E-state index in [0.29, 0.717) is 12.1 Å². The Hall–Kier alpha value is -5.75. The Kier molecular flexibility index (Phi) is 15.7. The van der Waals surface area contributed by atoms with Crippen molar-refractivity contribution in [3.63, 3.8) is 0 Å². The highest BCUT2D eigenvalue weighted by Crippen LogP contribution is 2.32. The van der Waals surface area contributed by atoms with Crippen LogP contribution in [0.1, 0.15) is 50.2 Å². The minimum atomic E-state index is -2.33. The van der Waals surface area contributed by atoms with Crippen LogP contribution in [0.25, 0.3) is 0 Å². The second-order valence-electron chi connectivity index (χ2n) is 12.7. The summed E-state index contributed by atoms with van der Waals surface area (Å²) in [6.07, 6.45) is -1.52. The van der Waals surface area contributed by atoms with E-state index < -0.39 is 60.2 Å². The smallest absolute Gasteiger partial charge is 0.348 e. The van der Waals surface area contributed by atoms with Gasteiger partial charge in [0.25, 0.3) is 0 Å². The Morgan fingerprint density at radius 3 is 1.48 bits per heavy atom. The van der Waals surface area contributed by atoms with Crippen molar-refractivity contribution in [3.05, 3.63) is 101 Å². The fraction of sp³-hybridized carbons (Fsp3) is 0.378. The maximum absolute atomic E-state index is 11.6. The molecule has 0 unspecified atom stereocenters. The Bertz CT molecular complexity index is 1650. The van der Waals surface area contributed by atoms with E-state index in [2.05, 4.69) is 25.4 Å². The van der Waals surface area contributed by atoms with Gasteiger partial charge in [-0.2, -0.15) is 0 Å². The summed E-state index contributed by atoms with van der Waals surface area (Å²) in [5.74, 6) is -8.34. The molecule has 2 bridgehead atoms. The van der Waals surface area contributed by atoms with Crippen LogP contribution in [-0.2, 0) is 35.1 Å². The molecule has 6 atom stereocenters. The fourth-order valence-corrected chi connectivity index (χ4v) is 5.72. The molecule has 3 fully saturated rings. The van der Waals surface area contributed by atoms with Crippen LogP contribution in [0.4, 0.5) is 0 Å². The number of carboxylic acid groups (broad SMARTS) is 4. The summed E-state index contributed by atoms with van der Waals surface area (Å²) in [6.45, 7) is 6.07. The van der Waals surface area contributed by atoms with Crippen molar-refractivity contribution in [1.29, 1.82) is 0 Å². The zero-order valence-electron chi connectivity index (χ0n) is 29.4. The van der Waals surface area contributed by atoms with Gasteiger partial charge in [-0.05, 0) is 88.0 Å². The van der Waals surface area contributed by atoms with Gasteiger partial charge in [0.2, 0.25) is 12.2 Å². The molecular formula is C37H43N3O14. The fourth-order valence-electron chi connectivity index (χ4n) is 5.72. The van der Waals surface area contributed by atoms with E-state index >= 15 is 0 Å². The van der Waals surface area contributed by atoms with Crippen LogP contribution in [-0.4, -0.2) is 126 Å². The van der Waals surface area contributed by atoms with Gasteiger partial charge < -0.3 is 45.8 Å². The molecule has 3 saturated heterocycles. The standard InChI is InChI=1S/C13H19N3.2C12H12O7/c14-13-11-3-6-16(7-4-11)12(13)8-10-2-1-5-15-9-10;2*1-6-2-4-7(5-3-6)12(18)19-9(11(16)17)8(13)10(14)15/h1-2,5,9,11-13H,3-4,6-8,14H2;2*2-5,8-9,13H,1H3,(H,14,15)(H,16,17)/t12-,13+;2*8-,9-/m000/s1. The summed E-state index contributed by atoms with van der Waals surface area (Å²) in [5, 5.41) is 52.8. The number of piperidine rings is 3. The SMILES string of the molecule is Cc1ccc(C(=O)O[C@H](C(=O)O)[C@H](O)C(=O)O)cc1.Cc1ccc(C(=O)O[C@H](C(=O)O)[C@H](O)C(=O)O)cc1.N[C@@H]1C2CCN(CC2)[C@H]1Cc1cccnc1. The Balaban J connectivity index is 0.000000218. The number of aliphatic hydroxyl groups is 2. The number of aliphatic hydroxyl groups excluding tert-OH is 2. The quantitative estimate of drug-likeness (QED) is 0.128. The van der Waals surface area contributed by atoms with Gasteiger partial charge in [0.05, 0.1) is 11.1 Å². The van der Waals surface area contributed by atoms with Gasteiger partial charge in [-0.1, -0.05) is 41.5 Å². The van der Waals surface area contributed by atoms with E-state index in [1.807, 2.05) is 18.5 Å². The zero-order chi connectivity index (χ0) is 40.1. The molecule has 6 rings (SSSR count). The number of aromatic nitrogens is 1. The van der Waals surface area contributed by atoms with Crippen LogP contribution < -0.4 is 5.73 Å². The average Bonchev–Trinajstić information content (AvgIpc) is 3.15. The predicted molar refractivity (Wildman–Crippen MR) is 187 cm³/mol. The summed E-state index contributed by atoms with van der Waals surface area (Å²) in [4.78, 5) is 72.5. The zero-order valence-corrected chi connectivity index (χ0v) is 29.4. The van der Waals surface area contributed by atoms with Crippen LogP contribution in [0.2, 0.25) is 0 Å². The number of pyridine rings is 1. The number of nitrogens with two attached hydrogens (primary N) is 1. The topological polar surface area (TPSA) is 284 Å². The molecule has 3 aromatic rings. The lowest BCUT2D eigenvalue weighted by Crippen LogP contribution is -2.61. The summed E-state index contributed by atoms with van der Waals surface area (Å²) < 4.78 is 8.98. The molecule has 8 N–H and O–H groups in total. The number of carbonyl (C=O) groups is 6. The highest BCUT2D eigenvalue weighted by Gasteiger charge is 2.40. The molecule has 0 saturated carbocycles. The van der Waals surface area contributed by atoms with Crippen molar-refractivity contribution in [3.8, 4) is 0 Å². The molecule has 4 heterocycles. The molecule has 0 amide bonds. The number of aryl methyl sites for hydroxylation is 2. The van der Waals surface area contributed by atoms with Gasteiger partial charge in [0, 0.05) is 24.5 Å². The van der Waals surface area contributed by atoms with Gasteiger partial charge in [0.1, 0.15) is 0 Å². The molecular weight excluding hydrogens is 710 g/mol. The number of benzene rings is 2. The average molecular weight is 754 g/mol. The lowest BCUT2D eigenvalue weighted by Gasteiger charge is -2.49. The largest absolute Gasteiger partial charge is 0.479 e. The molecule has 2 aromatic carbocycles. The van der Waals surface area contributed by atoms with Gasteiger partial charge >= 0.3 is 35.8 Å². The second kappa shape index (κ2) is 19.9. The number of hydrogen-bond acceptors (Lipinski definition) is 13. The molecule has 17 heteroatoms. The van der Waals surface area contributed by atoms with Crippen LogP contribution in [0.3, 0.4) is 0 Å². The number of fused-ring (bicyclic) bond motifs is 3. The molecule has 0 spiro atoms. The van der Waals surface area contributed by atoms with Crippen molar-refractivity contribution >= 4 is 35.8 Å². The van der Waals surface area contributed by atoms with Gasteiger partial charge in [-0.25, -0.2) is 28.8 Å². The van der Waals surface area contributed by atoms with Crippen LogP contribution >= 0.6 is 0 Å². The summed E-state index contributed by atoms with van der Waals surface area (Å²) in [6, 6.07) is 17.1. The van der Waals surface area contributed by atoms with E-state index in [-0.39, 0.29) is 11.1 Å². The molecule has 0 aliphatic carbocycles. The van der Waals surface area contributed by atoms with Crippen molar-refractivity contribution in [2.75, 3.05) is 13.1 Å². The first kappa shape index (κ1) is 42.7. The predicted octanol–water partition coefficient (Wildman–Crippen LogP) is 1.15. The molecule has 54 heavy (non-hydrogen) atoms. The number of aliphatic carboxylic acids is 4. The van der Waals surface area contributed by atoms with Crippen molar-refractivity contribution in [1.82, 2.24) is 9.88 Å². The van der Waals surface area contributed by atoms with E-state index in [9.17, 15) is 28.8 Å². The molecule has 1 aromatic heterocycles. The number of hydrogen-bond donors (Lipinski definition) is 7. The summed E-state index contributed by atoms with van der Waals surface area (Å²) in [5.41, 5.74) is 9.57. The maximum atomic E-state index is 11.6. The monoisotopic (exact) mass is 753 g/mol. The molecule has 290 valence electrons. The van der Waals surface area contributed by atoms with E-state index in [1.165, 1.54) is 55.8 Å². The number of ether oxygens (including phenoxy) is 2. The van der Waals surface area contributed by atoms with Crippen LogP contribution in [0.5, 0.6) is 0 Å². The minimum Gasteiger partial charge on any atom is -0.479 e. The van der Waals surface area contributed by atoms with Crippen LogP contribution in [0, 0.1) is 19.8 Å². The number of carboxylic acids is 4. The molecule has 17 nitrogen and oxygen atoms in total.